The van der Waals surface area contributed by atoms with Crippen LogP contribution in [0, 0.1) is 11.5 Å². The molecule has 1 heterocycles. The minimum absolute atomic E-state index is 0.411. The summed E-state index contributed by atoms with van der Waals surface area (Å²) < 4.78 is 0. The normalized spacial score (nSPS) is 9.95. The van der Waals surface area contributed by atoms with E-state index in [0.717, 1.165) is 24.0 Å². The van der Waals surface area contributed by atoms with Gasteiger partial charge in [-0.1, -0.05) is 37.6 Å². The summed E-state index contributed by atoms with van der Waals surface area (Å²) >= 11 is 0. The number of aryl methyl sites for hydroxylation is 1. The van der Waals surface area contributed by atoms with Gasteiger partial charge in [-0.25, -0.2) is 9.97 Å². The Balaban J connectivity index is 2.20. The van der Waals surface area contributed by atoms with Crippen LogP contribution in [0.1, 0.15) is 18.9 Å². The fraction of sp³-hybridized carbons (Fsp3) is 0.267. The zero-order valence-corrected chi connectivity index (χ0v) is 11.2. The van der Waals surface area contributed by atoms with E-state index in [-0.39, 0.29) is 0 Å². The molecule has 0 bridgehead atoms. The summed E-state index contributed by atoms with van der Waals surface area (Å²) in [5.74, 6) is 0.411. The molecule has 4 heteroatoms. The van der Waals surface area contributed by atoms with Crippen molar-refractivity contribution in [3.8, 4) is 17.3 Å². The molecule has 0 spiro atoms. The number of hydrogen-bond acceptors (Lipinski definition) is 4. The highest BCUT2D eigenvalue weighted by Crippen LogP contribution is 2.19. The second-order valence-electron chi connectivity index (χ2n) is 4.38. The van der Waals surface area contributed by atoms with Crippen LogP contribution >= 0.6 is 0 Å². The minimum atomic E-state index is 0.411. The van der Waals surface area contributed by atoms with Crippen LogP contribution in [-0.4, -0.2) is 17.0 Å². The van der Waals surface area contributed by atoms with E-state index >= 15 is 0 Å². The first kappa shape index (κ1) is 13.0. The van der Waals surface area contributed by atoms with Gasteiger partial charge in [0.15, 0.2) is 6.19 Å². The van der Waals surface area contributed by atoms with Crippen molar-refractivity contribution in [1.29, 1.82) is 5.26 Å². The second kappa shape index (κ2) is 5.96. The molecule has 0 aliphatic rings. The predicted octanol–water partition coefficient (Wildman–Crippen LogP) is 3.01. The van der Waals surface area contributed by atoms with Gasteiger partial charge in [0.05, 0.1) is 0 Å². The Kier molecular flexibility index (Phi) is 4.09. The Labute approximate surface area is 113 Å². The van der Waals surface area contributed by atoms with Gasteiger partial charge in [-0.2, -0.15) is 5.26 Å². The number of nitriles is 1. The molecular weight excluding hydrogens is 236 g/mol. The summed E-state index contributed by atoms with van der Waals surface area (Å²) in [5.41, 5.74) is 3.39. The Morgan fingerprint density at radius 3 is 2.26 bits per heavy atom. The lowest BCUT2D eigenvalue weighted by Gasteiger charge is -2.07. The average Bonchev–Trinajstić information content (AvgIpc) is 2.48. The van der Waals surface area contributed by atoms with Gasteiger partial charge in [0.2, 0.25) is 5.95 Å². The molecule has 2 rings (SSSR count). The van der Waals surface area contributed by atoms with Gasteiger partial charge in [-0.3, -0.25) is 4.90 Å². The van der Waals surface area contributed by atoms with E-state index in [1.54, 1.807) is 19.4 Å². The first-order valence-electron chi connectivity index (χ1n) is 6.29. The molecule has 1 aromatic carbocycles. The summed E-state index contributed by atoms with van der Waals surface area (Å²) in [7, 11) is 1.63. The summed E-state index contributed by atoms with van der Waals surface area (Å²) in [5, 5.41) is 8.75. The van der Waals surface area contributed by atoms with Crippen molar-refractivity contribution in [1.82, 2.24) is 9.97 Å². The third-order valence-electron chi connectivity index (χ3n) is 2.91. The molecule has 2 aromatic rings. The molecule has 0 fully saturated rings. The topological polar surface area (TPSA) is 52.8 Å². The van der Waals surface area contributed by atoms with Crippen LogP contribution < -0.4 is 4.90 Å². The SMILES string of the molecule is CCCc1ccc(-c2cnc(N(C)C#N)nc2)cc1. The summed E-state index contributed by atoms with van der Waals surface area (Å²) in [6.45, 7) is 2.17. The maximum absolute atomic E-state index is 8.75. The van der Waals surface area contributed by atoms with Crippen molar-refractivity contribution in [3.63, 3.8) is 0 Å². The van der Waals surface area contributed by atoms with Crippen LogP contribution in [0.25, 0.3) is 11.1 Å². The monoisotopic (exact) mass is 252 g/mol. The van der Waals surface area contributed by atoms with E-state index in [1.165, 1.54) is 10.5 Å². The van der Waals surface area contributed by atoms with Crippen molar-refractivity contribution >= 4 is 5.95 Å². The lowest BCUT2D eigenvalue weighted by atomic mass is 10.0. The maximum Gasteiger partial charge on any atom is 0.238 e. The lowest BCUT2D eigenvalue weighted by molar-refractivity contribution is 0.922. The molecule has 19 heavy (non-hydrogen) atoms. The predicted molar refractivity (Wildman–Crippen MR) is 75.5 cm³/mol. The molecule has 0 aliphatic carbocycles. The van der Waals surface area contributed by atoms with Crippen LogP contribution in [0.4, 0.5) is 5.95 Å². The Bertz CT molecular complexity index is 567. The maximum atomic E-state index is 8.75. The van der Waals surface area contributed by atoms with Crippen LogP contribution in [0.3, 0.4) is 0 Å². The fourth-order valence-corrected chi connectivity index (χ4v) is 1.84. The average molecular weight is 252 g/mol. The van der Waals surface area contributed by atoms with Gasteiger partial charge >= 0.3 is 0 Å². The highest BCUT2D eigenvalue weighted by atomic mass is 15.2. The van der Waals surface area contributed by atoms with Gasteiger partial charge in [0, 0.05) is 25.0 Å². The molecule has 0 atom stereocenters. The highest BCUT2D eigenvalue weighted by molar-refractivity contribution is 5.62. The van der Waals surface area contributed by atoms with Gasteiger partial charge in [0.1, 0.15) is 0 Å². The number of anilines is 1. The Morgan fingerprint density at radius 2 is 1.74 bits per heavy atom. The number of aromatic nitrogens is 2. The van der Waals surface area contributed by atoms with E-state index in [9.17, 15) is 0 Å². The van der Waals surface area contributed by atoms with E-state index in [2.05, 4.69) is 41.2 Å². The first-order valence-corrected chi connectivity index (χ1v) is 6.29. The van der Waals surface area contributed by atoms with Crippen LogP contribution in [0.2, 0.25) is 0 Å². The zero-order chi connectivity index (χ0) is 13.7. The van der Waals surface area contributed by atoms with Crippen LogP contribution in [-0.2, 0) is 6.42 Å². The van der Waals surface area contributed by atoms with Gasteiger partial charge in [0.25, 0.3) is 0 Å². The Morgan fingerprint density at radius 1 is 1.11 bits per heavy atom. The Hall–Kier alpha value is -2.41. The number of hydrogen-bond donors (Lipinski definition) is 0. The third-order valence-corrected chi connectivity index (χ3v) is 2.91. The summed E-state index contributed by atoms with van der Waals surface area (Å²) in [6, 6.07) is 8.43. The molecular formula is C15H16N4. The molecule has 0 amide bonds. The molecule has 0 saturated carbocycles. The van der Waals surface area contributed by atoms with Gasteiger partial charge < -0.3 is 0 Å². The number of benzene rings is 1. The first-order chi connectivity index (χ1) is 9.24. The molecule has 0 aliphatic heterocycles. The van der Waals surface area contributed by atoms with Crippen molar-refractivity contribution < 1.29 is 0 Å². The van der Waals surface area contributed by atoms with Gasteiger partial charge in [-0.15, -0.1) is 0 Å². The third kappa shape index (κ3) is 3.08. The van der Waals surface area contributed by atoms with Crippen molar-refractivity contribution in [2.45, 2.75) is 19.8 Å². The van der Waals surface area contributed by atoms with Crippen LogP contribution in [0.5, 0.6) is 0 Å². The van der Waals surface area contributed by atoms with E-state index in [1.807, 2.05) is 6.19 Å². The van der Waals surface area contributed by atoms with Crippen molar-refractivity contribution in [2.75, 3.05) is 11.9 Å². The van der Waals surface area contributed by atoms with Crippen molar-refractivity contribution in [2.24, 2.45) is 0 Å². The molecule has 1 aromatic heterocycles. The molecule has 96 valence electrons. The van der Waals surface area contributed by atoms with E-state index in [4.69, 9.17) is 5.26 Å². The smallest absolute Gasteiger partial charge is 0.238 e. The summed E-state index contributed by atoms with van der Waals surface area (Å²) in [4.78, 5) is 9.68. The van der Waals surface area contributed by atoms with Crippen molar-refractivity contribution in [3.05, 3.63) is 42.2 Å². The molecule has 4 nitrogen and oxygen atoms in total. The zero-order valence-electron chi connectivity index (χ0n) is 11.2. The quantitative estimate of drug-likeness (QED) is 0.620. The second-order valence-corrected chi connectivity index (χ2v) is 4.38. The molecule has 0 unspecified atom stereocenters. The molecule has 0 saturated heterocycles. The summed E-state index contributed by atoms with van der Waals surface area (Å²) in [6.07, 6.45) is 7.70. The minimum Gasteiger partial charge on any atom is -0.250 e. The molecule has 0 radical (unpaired) electrons. The van der Waals surface area contributed by atoms with Crippen LogP contribution in [0.15, 0.2) is 36.7 Å². The molecule has 0 N–H and O–H groups in total. The van der Waals surface area contributed by atoms with Gasteiger partial charge in [-0.05, 0) is 17.5 Å². The number of nitrogens with zero attached hydrogens (tertiary/aromatic N) is 4. The highest BCUT2D eigenvalue weighted by Gasteiger charge is 2.04. The fourth-order valence-electron chi connectivity index (χ4n) is 1.84. The lowest BCUT2D eigenvalue weighted by Crippen LogP contribution is -2.11. The van der Waals surface area contributed by atoms with E-state index < -0.39 is 0 Å². The largest absolute Gasteiger partial charge is 0.250 e. The standard InChI is InChI=1S/C15H16N4/c1-3-4-12-5-7-13(8-6-12)14-9-17-15(18-10-14)19(2)11-16/h5-10H,3-4H2,1-2H3. The van der Waals surface area contributed by atoms with E-state index in [0.29, 0.717) is 5.95 Å². The number of rotatable bonds is 4.